The minimum atomic E-state index is -4.68. The van der Waals surface area contributed by atoms with Gasteiger partial charge < -0.3 is 20.3 Å². The van der Waals surface area contributed by atoms with Gasteiger partial charge in [0.2, 0.25) is 5.91 Å². The van der Waals surface area contributed by atoms with Crippen molar-refractivity contribution in [2.24, 2.45) is 0 Å². The number of aliphatic hydroxyl groups excluding tert-OH is 1. The largest absolute Gasteiger partial charge is 0.416 e. The molecule has 1 amide bonds. The zero-order valence-electron chi connectivity index (χ0n) is 20.3. The van der Waals surface area contributed by atoms with Gasteiger partial charge in [0.05, 0.1) is 23.5 Å². The molecule has 202 valence electrons. The molecular formula is C27H22F5N5O2. The number of alkyl halides is 3. The number of nitrogens with zero attached hydrogens (tertiary/aromatic N) is 4. The number of aromatic nitrogens is 3. The summed E-state index contributed by atoms with van der Waals surface area (Å²) >= 11 is 0. The van der Waals surface area contributed by atoms with E-state index in [0.717, 1.165) is 0 Å². The van der Waals surface area contributed by atoms with Gasteiger partial charge in [0.15, 0.2) is 0 Å². The average Bonchev–Trinajstić information content (AvgIpc) is 3.46. The summed E-state index contributed by atoms with van der Waals surface area (Å²) in [6.07, 6.45) is -1.40. The number of aliphatic hydroxyl groups is 1. The van der Waals surface area contributed by atoms with Crippen LogP contribution in [0.3, 0.4) is 0 Å². The summed E-state index contributed by atoms with van der Waals surface area (Å²) in [5.74, 6) is -1.96. The van der Waals surface area contributed by atoms with E-state index < -0.39 is 41.8 Å². The summed E-state index contributed by atoms with van der Waals surface area (Å²) in [7, 11) is 0. The highest BCUT2D eigenvalue weighted by atomic mass is 19.4. The van der Waals surface area contributed by atoms with E-state index in [1.54, 1.807) is 12.3 Å². The minimum absolute atomic E-state index is 0.0209. The van der Waals surface area contributed by atoms with E-state index in [4.69, 9.17) is 5.73 Å². The number of nitrogens with two attached hydrogens (primary N) is 1. The highest BCUT2D eigenvalue weighted by Crippen LogP contribution is 2.43. The van der Waals surface area contributed by atoms with E-state index in [-0.39, 0.29) is 47.2 Å². The molecule has 2 aliphatic rings. The standard InChI is InChI=1S/C27H22F5N5O2/c28-20-3-1-14(27(30,31)32)7-13(20)8-22(39)36-6-5-18-21(36)4-2-17(24(18)29)19-11-37(15-9-16(38)10-15)26-23(19)25(33)34-12-35-26/h1-4,7,11-12,15-16,38H,5-6,8-10H2,(H2,33,34,35). The molecule has 2 aromatic heterocycles. The molecule has 3 N–H and O–H groups in total. The van der Waals surface area contributed by atoms with Crippen LogP contribution in [0.1, 0.15) is 35.6 Å². The second kappa shape index (κ2) is 9.01. The molecule has 3 heterocycles. The molecule has 7 nitrogen and oxygen atoms in total. The number of benzene rings is 2. The van der Waals surface area contributed by atoms with Gasteiger partial charge in [-0.1, -0.05) is 0 Å². The van der Waals surface area contributed by atoms with Crippen LogP contribution in [0.2, 0.25) is 0 Å². The maximum Gasteiger partial charge on any atom is 0.416 e. The first kappa shape index (κ1) is 25.2. The molecule has 1 saturated carbocycles. The van der Waals surface area contributed by atoms with E-state index in [1.807, 2.05) is 4.57 Å². The van der Waals surface area contributed by atoms with Crippen molar-refractivity contribution in [3.8, 4) is 11.1 Å². The lowest BCUT2D eigenvalue weighted by Crippen LogP contribution is -2.30. The quantitative estimate of drug-likeness (QED) is 0.361. The van der Waals surface area contributed by atoms with E-state index in [0.29, 0.717) is 47.6 Å². The Balaban J connectivity index is 1.34. The molecule has 2 aromatic carbocycles. The summed E-state index contributed by atoms with van der Waals surface area (Å²) < 4.78 is 71.3. The first-order valence-corrected chi connectivity index (χ1v) is 12.3. The SMILES string of the molecule is Nc1ncnc2c1c(-c1ccc3c(c1F)CCN3C(=O)Cc1cc(C(F)(F)F)ccc1F)cn2C1CC(O)C1. The predicted molar refractivity (Wildman–Crippen MR) is 133 cm³/mol. The Kier molecular flexibility index (Phi) is 5.83. The first-order valence-electron chi connectivity index (χ1n) is 12.3. The smallest absolute Gasteiger partial charge is 0.393 e. The van der Waals surface area contributed by atoms with E-state index in [9.17, 15) is 27.5 Å². The van der Waals surface area contributed by atoms with Crippen LogP contribution in [0.4, 0.5) is 33.5 Å². The molecule has 0 spiro atoms. The van der Waals surface area contributed by atoms with Gasteiger partial charge >= 0.3 is 6.18 Å². The van der Waals surface area contributed by atoms with Crippen LogP contribution in [0.15, 0.2) is 42.9 Å². The number of hydrogen-bond donors (Lipinski definition) is 2. The third-order valence-corrected chi connectivity index (χ3v) is 7.52. The summed E-state index contributed by atoms with van der Waals surface area (Å²) in [6, 6.07) is 4.98. The maximum absolute atomic E-state index is 15.9. The molecule has 0 radical (unpaired) electrons. The number of amides is 1. The summed E-state index contributed by atoms with van der Waals surface area (Å²) in [5, 5.41) is 10.2. The molecule has 0 atom stereocenters. The summed E-state index contributed by atoms with van der Waals surface area (Å²) in [6.45, 7) is 0.0993. The number of rotatable bonds is 4. The van der Waals surface area contributed by atoms with E-state index in [2.05, 4.69) is 9.97 Å². The lowest BCUT2D eigenvalue weighted by Gasteiger charge is -2.32. The number of carbonyl (C=O) groups excluding carboxylic acids is 1. The van der Waals surface area contributed by atoms with Crippen LogP contribution in [0.25, 0.3) is 22.2 Å². The molecule has 39 heavy (non-hydrogen) atoms. The lowest BCUT2D eigenvalue weighted by atomic mass is 9.89. The number of carbonyl (C=O) groups is 1. The van der Waals surface area contributed by atoms with Gasteiger partial charge in [0.1, 0.15) is 29.4 Å². The van der Waals surface area contributed by atoms with Crippen molar-refractivity contribution >= 4 is 28.4 Å². The van der Waals surface area contributed by atoms with Crippen LogP contribution < -0.4 is 10.6 Å². The van der Waals surface area contributed by atoms with Crippen LogP contribution in [-0.2, 0) is 23.8 Å². The molecule has 1 fully saturated rings. The Morgan fingerprint density at radius 3 is 2.59 bits per heavy atom. The second-order valence-corrected chi connectivity index (χ2v) is 9.89. The number of anilines is 2. The van der Waals surface area contributed by atoms with Crippen molar-refractivity contribution in [1.82, 2.24) is 14.5 Å². The van der Waals surface area contributed by atoms with Crippen molar-refractivity contribution in [3.63, 3.8) is 0 Å². The van der Waals surface area contributed by atoms with Gasteiger partial charge in [-0.3, -0.25) is 4.79 Å². The van der Waals surface area contributed by atoms with Crippen LogP contribution in [0.5, 0.6) is 0 Å². The van der Waals surface area contributed by atoms with Crippen molar-refractivity contribution < 1.29 is 31.9 Å². The Morgan fingerprint density at radius 2 is 1.87 bits per heavy atom. The monoisotopic (exact) mass is 543 g/mol. The van der Waals surface area contributed by atoms with Gasteiger partial charge in [-0.25, -0.2) is 18.7 Å². The number of fused-ring (bicyclic) bond motifs is 2. The molecule has 0 saturated heterocycles. The Bertz CT molecular complexity index is 1630. The molecule has 12 heteroatoms. The number of hydrogen-bond acceptors (Lipinski definition) is 5. The van der Waals surface area contributed by atoms with Crippen molar-refractivity contribution in [2.45, 2.75) is 44.0 Å². The normalized spacial score (nSPS) is 18.9. The molecule has 0 unspecified atom stereocenters. The van der Waals surface area contributed by atoms with Crippen molar-refractivity contribution in [2.75, 3.05) is 17.2 Å². The van der Waals surface area contributed by atoms with Crippen molar-refractivity contribution in [3.05, 3.63) is 71.2 Å². The Labute approximate surface area is 218 Å². The fourth-order valence-electron chi connectivity index (χ4n) is 5.43. The molecule has 0 bridgehead atoms. The summed E-state index contributed by atoms with van der Waals surface area (Å²) in [4.78, 5) is 22.7. The fourth-order valence-corrected chi connectivity index (χ4v) is 5.43. The Morgan fingerprint density at radius 1 is 1.10 bits per heavy atom. The lowest BCUT2D eigenvalue weighted by molar-refractivity contribution is -0.137. The molecule has 1 aliphatic heterocycles. The highest BCUT2D eigenvalue weighted by Gasteiger charge is 2.34. The van der Waals surface area contributed by atoms with Gasteiger partial charge in [-0.2, -0.15) is 13.2 Å². The maximum atomic E-state index is 15.9. The molecular weight excluding hydrogens is 521 g/mol. The zero-order chi connectivity index (χ0) is 27.6. The minimum Gasteiger partial charge on any atom is -0.393 e. The first-order chi connectivity index (χ1) is 18.5. The van der Waals surface area contributed by atoms with Crippen LogP contribution in [-0.4, -0.2) is 38.2 Å². The van der Waals surface area contributed by atoms with E-state index >= 15 is 4.39 Å². The van der Waals surface area contributed by atoms with Crippen LogP contribution in [0, 0.1) is 11.6 Å². The van der Waals surface area contributed by atoms with Gasteiger partial charge in [0, 0.05) is 41.2 Å². The zero-order valence-corrected chi connectivity index (χ0v) is 20.3. The summed E-state index contributed by atoms with van der Waals surface area (Å²) in [5.41, 5.74) is 6.49. The number of nitrogen functional groups attached to an aromatic ring is 1. The van der Waals surface area contributed by atoms with Gasteiger partial charge in [-0.15, -0.1) is 0 Å². The van der Waals surface area contributed by atoms with E-state index in [1.165, 1.54) is 17.3 Å². The fraction of sp³-hybridized carbons (Fsp3) is 0.296. The second-order valence-electron chi connectivity index (χ2n) is 9.89. The number of halogens is 5. The third-order valence-electron chi connectivity index (χ3n) is 7.52. The van der Waals surface area contributed by atoms with Crippen LogP contribution >= 0.6 is 0 Å². The molecule has 6 rings (SSSR count). The molecule has 4 aromatic rings. The Hall–Kier alpha value is -4.06. The predicted octanol–water partition coefficient (Wildman–Crippen LogP) is 4.81. The van der Waals surface area contributed by atoms with Crippen molar-refractivity contribution in [1.29, 1.82) is 0 Å². The van der Waals surface area contributed by atoms with Gasteiger partial charge in [0.25, 0.3) is 0 Å². The average molecular weight is 543 g/mol. The third kappa shape index (κ3) is 4.19. The highest BCUT2D eigenvalue weighted by molar-refractivity contribution is 6.02. The topological polar surface area (TPSA) is 97.3 Å². The van der Waals surface area contributed by atoms with Gasteiger partial charge in [-0.05, 0) is 55.2 Å². The molecule has 1 aliphatic carbocycles.